The quantitative estimate of drug-likeness (QED) is 0.725. The molecule has 3 aromatic heterocycles. The third-order valence-corrected chi connectivity index (χ3v) is 3.94. The Morgan fingerprint density at radius 3 is 2.68 bits per heavy atom. The van der Waals surface area contributed by atoms with Crippen LogP contribution < -0.4 is 0 Å². The predicted molar refractivity (Wildman–Crippen MR) is 83.1 cm³/mol. The molecular formula is C16H15F3N4O2. The van der Waals surface area contributed by atoms with Crippen LogP contribution in [0.5, 0.6) is 0 Å². The van der Waals surface area contributed by atoms with E-state index in [1.54, 1.807) is 20.9 Å². The molecule has 0 fully saturated rings. The number of alkyl halides is 3. The van der Waals surface area contributed by atoms with Crippen LogP contribution in [0, 0.1) is 6.92 Å². The van der Waals surface area contributed by atoms with Gasteiger partial charge in [-0.15, -0.1) is 0 Å². The van der Waals surface area contributed by atoms with Crippen molar-refractivity contribution in [3.05, 3.63) is 41.8 Å². The summed E-state index contributed by atoms with van der Waals surface area (Å²) in [5, 5.41) is 0. The van der Waals surface area contributed by atoms with Crippen LogP contribution in [0.3, 0.4) is 0 Å². The van der Waals surface area contributed by atoms with Gasteiger partial charge in [0.15, 0.2) is 12.2 Å². The summed E-state index contributed by atoms with van der Waals surface area (Å²) in [5.74, 6) is -0.265. The maximum atomic E-state index is 13.3. The number of oxazole rings is 1. The van der Waals surface area contributed by atoms with Crippen molar-refractivity contribution in [2.24, 2.45) is 0 Å². The Morgan fingerprint density at radius 2 is 2.12 bits per heavy atom. The lowest BCUT2D eigenvalue weighted by molar-refractivity contribution is -0.137. The Hall–Kier alpha value is -2.84. The molecule has 0 spiro atoms. The summed E-state index contributed by atoms with van der Waals surface area (Å²) in [6.07, 6.45) is -1.28. The van der Waals surface area contributed by atoms with Gasteiger partial charge < -0.3 is 9.32 Å². The summed E-state index contributed by atoms with van der Waals surface area (Å²) < 4.78 is 46.3. The van der Waals surface area contributed by atoms with Gasteiger partial charge >= 0.3 is 6.18 Å². The van der Waals surface area contributed by atoms with Crippen LogP contribution in [0.2, 0.25) is 0 Å². The number of amides is 1. The van der Waals surface area contributed by atoms with E-state index in [2.05, 4.69) is 9.97 Å². The number of fused-ring (bicyclic) bond motifs is 1. The Kier molecular flexibility index (Phi) is 4.02. The summed E-state index contributed by atoms with van der Waals surface area (Å²) in [7, 11) is 1.58. The molecule has 0 bridgehead atoms. The van der Waals surface area contributed by atoms with Crippen LogP contribution >= 0.6 is 0 Å². The third kappa shape index (κ3) is 2.86. The maximum Gasteiger partial charge on any atom is 0.417 e. The van der Waals surface area contributed by atoms with Crippen LogP contribution in [0.1, 0.15) is 28.7 Å². The Morgan fingerprint density at radius 1 is 1.40 bits per heavy atom. The van der Waals surface area contributed by atoms with Crippen molar-refractivity contribution in [3.63, 3.8) is 0 Å². The summed E-state index contributed by atoms with van der Waals surface area (Å²) in [5.41, 5.74) is -0.155. The predicted octanol–water partition coefficient (Wildman–Crippen LogP) is 3.41. The molecule has 3 rings (SSSR count). The minimum atomic E-state index is -4.59. The van der Waals surface area contributed by atoms with Gasteiger partial charge in [0, 0.05) is 19.8 Å². The Balaban J connectivity index is 2.35. The standard InChI is InChI=1S/C16H15F3N4O2/c1-4-22(3)15(24)13-9(2)21-14-11(12-6-20-8-25-12)5-10(7-23(13)14)16(17,18)19/h5-8H,4H2,1-3H3. The molecule has 0 aliphatic heterocycles. The van der Waals surface area contributed by atoms with Crippen molar-refractivity contribution < 1.29 is 22.4 Å². The highest BCUT2D eigenvalue weighted by Gasteiger charge is 2.33. The van der Waals surface area contributed by atoms with E-state index in [0.717, 1.165) is 18.7 Å². The van der Waals surface area contributed by atoms with Gasteiger partial charge in [0.05, 0.1) is 23.0 Å². The van der Waals surface area contributed by atoms with Gasteiger partial charge in [0.1, 0.15) is 11.3 Å². The first-order chi connectivity index (χ1) is 11.7. The average Bonchev–Trinajstić information content (AvgIpc) is 3.18. The van der Waals surface area contributed by atoms with E-state index < -0.39 is 17.6 Å². The molecule has 9 heteroatoms. The summed E-state index contributed by atoms with van der Waals surface area (Å²) in [6, 6.07) is 0.945. The Labute approximate surface area is 140 Å². The van der Waals surface area contributed by atoms with E-state index in [9.17, 15) is 18.0 Å². The van der Waals surface area contributed by atoms with E-state index in [1.165, 1.54) is 15.5 Å². The van der Waals surface area contributed by atoms with Crippen LogP contribution in [-0.4, -0.2) is 38.8 Å². The van der Waals surface area contributed by atoms with Gasteiger partial charge in [-0.1, -0.05) is 0 Å². The van der Waals surface area contributed by atoms with Gasteiger partial charge in [-0.05, 0) is 19.9 Å². The summed E-state index contributed by atoms with van der Waals surface area (Å²) in [6.45, 7) is 3.78. The van der Waals surface area contributed by atoms with Crippen LogP contribution in [0.4, 0.5) is 13.2 Å². The highest BCUT2D eigenvalue weighted by atomic mass is 19.4. The van der Waals surface area contributed by atoms with Crippen molar-refractivity contribution in [2.45, 2.75) is 20.0 Å². The SMILES string of the molecule is CCN(C)C(=O)c1c(C)nc2c(-c3cnco3)cc(C(F)(F)F)cn12. The maximum absolute atomic E-state index is 13.3. The van der Waals surface area contributed by atoms with Crippen LogP contribution in [0.15, 0.2) is 29.3 Å². The second kappa shape index (κ2) is 5.91. The zero-order valence-electron chi connectivity index (χ0n) is 13.8. The topological polar surface area (TPSA) is 63.6 Å². The zero-order valence-corrected chi connectivity index (χ0v) is 13.8. The number of hydrogen-bond donors (Lipinski definition) is 0. The summed E-state index contributed by atoms with van der Waals surface area (Å²) in [4.78, 5) is 22.0. The minimum Gasteiger partial charge on any atom is -0.443 e. The number of aryl methyl sites for hydroxylation is 1. The fourth-order valence-corrected chi connectivity index (χ4v) is 2.53. The van der Waals surface area contributed by atoms with Gasteiger partial charge in [-0.2, -0.15) is 13.2 Å². The van der Waals surface area contributed by atoms with Crippen molar-refractivity contribution in [1.82, 2.24) is 19.3 Å². The number of rotatable bonds is 3. The normalized spacial score (nSPS) is 11.9. The molecule has 0 unspecified atom stereocenters. The fraction of sp³-hybridized carbons (Fsp3) is 0.312. The van der Waals surface area contributed by atoms with Gasteiger partial charge in [-0.25, -0.2) is 9.97 Å². The lowest BCUT2D eigenvalue weighted by Crippen LogP contribution is -2.28. The number of pyridine rings is 1. The summed E-state index contributed by atoms with van der Waals surface area (Å²) >= 11 is 0. The molecule has 0 saturated carbocycles. The molecular weight excluding hydrogens is 337 g/mol. The third-order valence-electron chi connectivity index (χ3n) is 3.94. The minimum absolute atomic E-state index is 0.0891. The molecule has 132 valence electrons. The van der Waals surface area contributed by atoms with E-state index >= 15 is 0 Å². The molecule has 3 heterocycles. The first-order valence-corrected chi connectivity index (χ1v) is 7.48. The number of imidazole rings is 1. The lowest BCUT2D eigenvalue weighted by atomic mass is 10.1. The number of aromatic nitrogens is 3. The first kappa shape index (κ1) is 17.0. The number of carbonyl (C=O) groups is 1. The lowest BCUT2D eigenvalue weighted by Gasteiger charge is -2.15. The van der Waals surface area contributed by atoms with Gasteiger partial charge in [0.2, 0.25) is 0 Å². The van der Waals surface area contributed by atoms with E-state index in [0.29, 0.717) is 12.2 Å². The highest BCUT2D eigenvalue weighted by molar-refractivity contribution is 5.95. The van der Waals surface area contributed by atoms with E-state index in [1.807, 2.05) is 0 Å². The number of nitrogens with zero attached hydrogens (tertiary/aromatic N) is 4. The average molecular weight is 352 g/mol. The van der Waals surface area contributed by atoms with Crippen molar-refractivity contribution >= 4 is 11.6 Å². The Bertz CT molecular complexity index is 929. The second-order valence-corrected chi connectivity index (χ2v) is 5.56. The second-order valence-electron chi connectivity index (χ2n) is 5.56. The molecule has 0 N–H and O–H groups in total. The van der Waals surface area contributed by atoms with Crippen molar-refractivity contribution in [1.29, 1.82) is 0 Å². The zero-order chi connectivity index (χ0) is 18.4. The number of halogens is 3. The molecule has 3 aromatic rings. The molecule has 6 nitrogen and oxygen atoms in total. The van der Waals surface area contributed by atoms with Crippen molar-refractivity contribution in [2.75, 3.05) is 13.6 Å². The number of carbonyl (C=O) groups excluding carboxylic acids is 1. The highest BCUT2D eigenvalue weighted by Crippen LogP contribution is 2.35. The fourth-order valence-electron chi connectivity index (χ4n) is 2.53. The molecule has 25 heavy (non-hydrogen) atoms. The molecule has 0 saturated heterocycles. The van der Waals surface area contributed by atoms with Gasteiger partial charge in [0.25, 0.3) is 5.91 Å². The first-order valence-electron chi connectivity index (χ1n) is 7.48. The molecule has 0 atom stereocenters. The van der Waals surface area contributed by atoms with Crippen LogP contribution in [0.25, 0.3) is 17.0 Å². The van der Waals surface area contributed by atoms with Crippen LogP contribution in [-0.2, 0) is 6.18 Å². The number of hydrogen-bond acceptors (Lipinski definition) is 4. The van der Waals surface area contributed by atoms with E-state index in [4.69, 9.17) is 4.42 Å². The smallest absolute Gasteiger partial charge is 0.417 e. The molecule has 1 amide bonds. The molecule has 0 radical (unpaired) electrons. The molecule has 0 aliphatic carbocycles. The van der Waals surface area contributed by atoms with Gasteiger partial charge in [-0.3, -0.25) is 9.20 Å². The van der Waals surface area contributed by atoms with E-state index in [-0.39, 0.29) is 22.7 Å². The largest absolute Gasteiger partial charge is 0.443 e. The van der Waals surface area contributed by atoms with Crippen molar-refractivity contribution in [3.8, 4) is 11.3 Å². The molecule has 0 aliphatic rings. The monoisotopic (exact) mass is 352 g/mol. The molecule has 0 aromatic carbocycles.